The summed E-state index contributed by atoms with van der Waals surface area (Å²) in [5, 5.41) is 3.05. The van der Waals surface area contributed by atoms with Crippen LogP contribution in [-0.2, 0) is 9.53 Å². The van der Waals surface area contributed by atoms with Crippen LogP contribution in [0.5, 0.6) is 0 Å². The number of hydrogen-bond acceptors (Lipinski definition) is 4. The summed E-state index contributed by atoms with van der Waals surface area (Å²) in [5.41, 5.74) is 5.39. The van der Waals surface area contributed by atoms with Crippen LogP contribution >= 0.6 is 24.8 Å². The maximum absolute atomic E-state index is 12.4. The molecule has 5 nitrogen and oxygen atoms in total. The molecule has 1 amide bonds. The largest absolute Gasteiger partial charge is 0.374 e. The molecule has 0 aliphatic carbocycles. The van der Waals surface area contributed by atoms with Gasteiger partial charge in [-0.25, -0.2) is 0 Å². The molecule has 1 aliphatic rings. The normalized spacial score (nSPS) is 19.0. The Kier molecular flexibility index (Phi) is 13.5. The standard InChI is InChI=1S/C16H33N3O2.2ClH/c1-5-16(6-2,12-17)15(20)18-9-14-11-19(7-8-21-14)10-13(3)4;;/h13-14H,5-12,17H2,1-4H3,(H,18,20);2*1H. The third kappa shape index (κ3) is 7.57. The Labute approximate surface area is 153 Å². The molecule has 23 heavy (non-hydrogen) atoms. The first kappa shape index (κ1) is 25.2. The molecule has 1 saturated heterocycles. The first-order chi connectivity index (χ1) is 9.97. The fourth-order valence-electron chi connectivity index (χ4n) is 2.93. The summed E-state index contributed by atoms with van der Waals surface area (Å²) in [5.74, 6) is 0.725. The molecule has 0 saturated carbocycles. The van der Waals surface area contributed by atoms with Crippen molar-refractivity contribution in [2.75, 3.05) is 39.3 Å². The number of nitrogens with one attached hydrogen (secondary N) is 1. The number of halogens is 2. The number of morpholine rings is 1. The number of nitrogens with two attached hydrogens (primary N) is 1. The molecule has 0 aromatic carbocycles. The van der Waals surface area contributed by atoms with Crippen molar-refractivity contribution in [1.29, 1.82) is 0 Å². The van der Waals surface area contributed by atoms with E-state index in [9.17, 15) is 4.79 Å². The number of carbonyl (C=O) groups is 1. The molecule has 1 atom stereocenters. The molecular formula is C16H35Cl2N3O2. The van der Waals surface area contributed by atoms with Crippen molar-refractivity contribution in [1.82, 2.24) is 10.2 Å². The summed E-state index contributed by atoms with van der Waals surface area (Å²) in [6.45, 7) is 13.2. The number of ether oxygens (including phenoxy) is 1. The monoisotopic (exact) mass is 371 g/mol. The van der Waals surface area contributed by atoms with Crippen LogP contribution in [0.25, 0.3) is 0 Å². The zero-order valence-corrected chi connectivity index (χ0v) is 16.6. The van der Waals surface area contributed by atoms with Crippen molar-refractivity contribution in [3.8, 4) is 0 Å². The van der Waals surface area contributed by atoms with Crippen LogP contribution < -0.4 is 11.1 Å². The van der Waals surface area contributed by atoms with Crippen LogP contribution in [-0.4, -0.2) is 56.2 Å². The molecule has 0 spiro atoms. The Morgan fingerprint density at radius 2 is 1.96 bits per heavy atom. The SMILES string of the molecule is CCC(CC)(CN)C(=O)NCC1CN(CC(C)C)CCO1.Cl.Cl. The summed E-state index contributed by atoms with van der Waals surface area (Å²) in [7, 11) is 0. The van der Waals surface area contributed by atoms with E-state index < -0.39 is 5.41 Å². The number of carbonyl (C=O) groups excluding carboxylic acids is 1. The zero-order valence-electron chi connectivity index (χ0n) is 15.0. The molecule has 0 radical (unpaired) electrons. The van der Waals surface area contributed by atoms with Gasteiger partial charge in [-0.05, 0) is 18.8 Å². The average Bonchev–Trinajstić information content (AvgIpc) is 2.47. The maximum Gasteiger partial charge on any atom is 0.227 e. The van der Waals surface area contributed by atoms with Crippen LogP contribution in [0.1, 0.15) is 40.5 Å². The molecule has 1 rings (SSSR count). The van der Waals surface area contributed by atoms with Crippen molar-refractivity contribution in [3.05, 3.63) is 0 Å². The van der Waals surface area contributed by atoms with Crippen molar-refractivity contribution in [2.24, 2.45) is 17.1 Å². The summed E-state index contributed by atoms with van der Waals surface area (Å²) in [6.07, 6.45) is 1.64. The lowest BCUT2D eigenvalue weighted by molar-refractivity contribution is -0.132. The number of nitrogens with zero attached hydrogens (tertiary/aromatic N) is 1. The fraction of sp³-hybridized carbons (Fsp3) is 0.938. The Bertz CT molecular complexity index is 318. The molecule has 0 aromatic rings. The molecule has 3 N–H and O–H groups in total. The van der Waals surface area contributed by atoms with E-state index in [2.05, 4.69) is 24.1 Å². The molecule has 140 valence electrons. The third-order valence-electron chi connectivity index (χ3n) is 4.56. The minimum atomic E-state index is -0.424. The van der Waals surface area contributed by atoms with Gasteiger partial charge in [0, 0.05) is 32.7 Å². The highest BCUT2D eigenvalue weighted by Gasteiger charge is 2.33. The van der Waals surface area contributed by atoms with E-state index in [0.29, 0.717) is 19.0 Å². The predicted octanol–water partition coefficient (Wildman–Crippen LogP) is 2.07. The quantitative estimate of drug-likeness (QED) is 0.685. The van der Waals surface area contributed by atoms with E-state index in [1.54, 1.807) is 0 Å². The Balaban J connectivity index is 0. The van der Waals surface area contributed by atoms with Gasteiger partial charge in [0.25, 0.3) is 0 Å². The Hall–Kier alpha value is -0.0700. The molecule has 1 aliphatic heterocycles. The highest BCUT2D eigenvalue weighted by Crippen LogP contribution is 2.24. The molecule has 0 aromatic heterocycles. The summed E-state index contributed by atoms with van der Waals surface area (Å²) in [4.78, 5) is 14.8. The van der Waals surface area contributed by atoms with Gasteiger partial charge in [-0.15, -0.1) is 24.8 Å². The minimum Gasteiger partial charge on any atom is -0.374 e. The van der Waals surface area contributed by atoms with Gasteiger partial charge in [0.05, 0.1) is 18.1 Å². The van der Waals surface area contributed by atoms with Crippen LogP contribution in [0, 0.1) is 11.3 Å². The van der Waals surface area contributed by atoms with Crippen molar-refractivity contribution < 1.29 is 9.53 Å². The van der Waals surface area contributed by atoms with Gasteiger partial charge in [-0.2, -0.15) is 0 Å². The number of rotatable bonds is 8. The molecular weight excluding hydrogens is 337 g/mol. The highest BCUT2D eigenvalue weighted by atomic mass is 35.5. The van der Waals surface area contributed by atoms with E-state index in [0.717, 1.165) is 39.1 Å². The highest BCUT2D eigenvalue weighted by molar-refractivity contribution is 5.85. The van der Waals surface area contributed by atoms with Crippen molar-refractivity contribution >= 4 is 30.7 Å². The predicted molar refractivity (Wildman–Crippen MR) is 101 cm³/mol. The second-order valence-corrected chi connectivity index (χ2v) is 6.55. The average molecular weight is 372 g/mol. The summed E-state index contributed by atoms with van der Waals surface area (Å²) in [6, 6.07) is 0. The van der Waals surface area contributed by atoms with E-state index in [1.165, 1.54) is 0 Å². The molecule has 1 heterocycles. The van der Waals surface area contributed by atoms with Crippen LogP contribution in [0.15, 0.2) is 0 Å². The van der Waals surface area contributed by atoms with Gasteiger partial charge >= 0.3 is 0 Å². The smallest absolute Gasteiger partial charge is 0.227 e. The van der Waals surface area contributed by atoms with E-state index >= 15 is 0 Å². The van der Waals surface area contributed by atoms with Gasteiger partial charge in [-0.1, -0.05) is 27.7 Å². The zero-order chi connectivity index (χ0) is 15.9. The second-order valence-electron chi connectivity index (χ2n) is 6.55. The third-order valence-corrected chi connectivity index (χ3v) is 4.56. The van der Waals surface area contributed by atoms with Crippen LogP contribution in [0.3, 0.4) is 0 Å². The molecule has 1 fully saturated rings. The maximum atomic E-state index is 12.4. The van der Waals surface area contributed by atoms with Crippen molar-refractivity contribution in [2.45, 2.75) is 46.6 Å². The van der Waals surface area contributed by atoms with E-state index in [-0.39, 0.29) is 36.8 Å². The minimum absolute atomic E-state index is 0. The van der Waals surface area contributed by atoms with Gasteiger partial charge < -0.3 is 15.8 Å². The lowest BCUT2D eigenvalue weighted by atomic mass is 9.81. The lowest BCUT2D eigenvalue weighted by Gasteiger charge is -2.35. The first-order valence-corrected chi connectivity index (χ1v) is 8.29. The van der Waals surface area contributed by atoms with E-state index in [4.69, 9.17) is 10.5 Å². The molecule has 0 bridgehead atoms. The van der Waals surface area contributed by atoms with E-state index in [1.807, 2.05) is 13.8 Å². The Morgan fingerprint density at radius 3 is 2.43 bits per heavy atom. The summed E-state index contributed by atoms with van der Waals surface area (Å²) >= 11 is 0. The van der Waals surface area contributed by atoms with Gasteiger partial charge in [0.15, 0.2) is 0 Å². The second kappa shape index (κ2) is 12.3. The molecule has 1 unspecified atom stereocenters. The summed E-state index contributed by atoms with van der Waals surface area (Å²) < 4.78 is 5.77. The van der Waals surface area contributed by atoms with Crippen LogP contribution in [0.2, 0.25) is 0 Å². The fourth-order valence-corrected chi connectivity index (χ4v) is 2.93. The van der Waals surface area contributed by atoms with Crippen LogP contribution in [0.4, 0.5) is 0 Å². The van der Waals surface area contributed by atoms with Gasteiger partial charge in [0.1, 0.15) is 0 Å². The van der Waals surface area contributed by atoms with Gasteiger partial charge in [0.2, 0.25) is 5.91 Å². The van der Waals surface area contributed by atoms with Crippen molar-refractivity contribution in [3.63, 3.8) is 0 Å². The number of amides is 1. The van der Waals surface area contributed by atoms with Gasteiger partial charge in [-0.3, -0.25) is 9.69 Å². The Morgan fingerprint density at radius 1 is 1.35 bits per heavy atom. The topological polar surface area (TPSA) is 67.6 Å². The lowest BCUT2D eigenvalue weighted by Crippen LogP contribution is -2.51. The first-order valence-electron chi connectivity index (χ1n) is 8.29. The number of hydrogen-bond donors (Lipinski definition) is 2. The molecule has 7 heteroatoms.